The van der Waals surface area contributed by atoms with Crippen LogP contribution in [-0.2, 0) is 0 Å². The molecule has 0 bridgehead atoms. The van der Waals surface area contributed by atoms with Crippen LogP contribution < -0.4 is 0 Å². The van der Waals surface area contributed by atoms with Gasteiger partial charge in [0.2, 0.25) is 0 Å². The molecule has 0 aromatic carbocycles. The Kier molecular flexibility index (Phi) is 7.66. The van der Waals surface area contributed by atoms with Gasteiger partial charge in [-0.05, 0) is 24.9 Å². The SMILES string of the molecule is CSCCCC(C#N)CBr. The van der Waals surface area contributed by atoms with Crippen molar-refractivity contribution >= 4 is 27.7 Å². The standard InChI is InChI=1S/C7H12BrNS/c1-10-4-2-3-7(5-8)6-9/h7H,2-5H2,1H3. The third kappa shape index (κ3) is 5.13. The number of halogens is 1. The highest BCUT2D eigenvalue weighted by Gasteiger charge is 2.02. The molecule has 0 radical (unpaired) electrons. The summed E-state index contributed by atoms with van der Waals surface area (Å²) in [4.78, 5) is 0. The van der Waals surface area contributed by atoms with E-state index in [1.165, 1.54) is 5.75 Å². The number of nitrogens with zero attached hydrogens (tertiary/aromatic N) is 1. The van der Waals surface area contributed by atoms with Gasteiger partial charge in [0.05, 0.1) is 12.0 Å². The Hall–Kier alpha value is 0.320. The second-order valence-corrected chi connectivity index (χ2v) is 3.75. The number of thioether (sulfide) groups is 1. The van der Waals surface area contributed by atoms with E-state index in [2.05, 4.69) is 28.3 Å². The van der Waals surface area contributed by atoms with E-state index in [1.807, 2.05) is 11.8 Å². The van der Waals surface area contributed by atoms with Crippen LogP contribution in [0.4, 0.5) is 0 Å². The van der Waals surface area contributed by atoms with Crippen LogP contribution in [-0.4, -0.2) is 17.3 Å². The summed E-state index contributed by atoms with van der Waals surface area (Å²) < 4.78 is 0. The van der Waals surface area contributed by atoms with Gasteiger partial charge in [-0.3, -0.25) is 0 Å². The van der Waals surface area contributed by atoms with Gasteiger partial charge in [0.1, 0.15) is 0 Å². The topological polar surface area (TPSA) is 23.8 Å². The molecule has 0 saturated carbocycles. The minimum Gasteiger partial charge on any atom is -0.198 e. The van der Waals surface area contributed by atoms with Gasteiger partial charge in [0.15, 0.2) is 0 Å². The maximum absolute atomic E-state index is 8.54. The summed E-state index contributed by atoms with van der Waals surface area (Å²) in [7, 11) is 0. The first kappa shape index (κ1) is 10.3. The summed E-state index contributed by atoms with van der Waals surface area (Å²) in [6, 6.07) is 2.25. The number of hydrogen-bond acceptors (Lipinski definition) is 2. The van der Waals surface area contributed by atoms with E-state index >= 15 is 0 Å². The summed E-state index contributed by atoms with van der Waals surface area (Å²) in [5, 5.41) is 9.36. The fourth-order valence-corrected chi connectivity index (χ4v) is 1.57. The molecular formula is C7H12BrNS. The predicted molar refractivity (Wildman–Crippen MR) is 50.5 cm³/mol. The van der Waals surface area contributed by atoms with Gasteiger partial charge in [0.25, 0.3) is 0 Å². The molecular weight excluding hydrogens is 210 g/mol. The van der Waals surface area contributed by atoms with E-state index < -0.39 is 0 Å². The van der Waals surface area contributed by atoms with Crippen LogP contribution in [0.5, 0.6) is 0 Å². The predicted octanol–water partition coefficient (Wildman–Crippen LogP) is 2.66. The Labute approximate surface area is 75.3 Å². The summed E-state index contributed by atoms with van der Waals surface area (Å²) >= 11 is 5.14. The fourth-order valence-electron chi connectivity index (χ4n) is 0.650. The fraction of sp³-hybridized carbons (Fsp3) is 0.857. The van der Waals surface area contributed by atoms with Crippen molar-refractivity contribution in [2.24, 2.45) is 5.92 Å². The average Bonchev–Trinajstić information content (AvgIpc) is 1.99. The Morgan fingerprint density at radius 3 is 2.80 bits per heavy atom. The monoisotopic (exact) mass is 221 g/mol. The second-order valence-electron chi connectivity index (χ2n) is 2.12. The van der Waals surface area contributed by atoms with E-state index in [0.717, 1.165) is 18.2 Å². The average molecular weight is 222 g/mol. The zero-order valence-electron chi connectivity index (χ0n) is 6.14. The van der Waals surface area contributed by atoms with E-state index in [1.54, 1.807) is 0 Å². The molecule has 1 atom stereocenters. The molecule has 10 heavy (non-hydrogen) atoms. The molecule has 0 aromatic heterocycles. The first-order valence-electron chi connectivity index (χ1n) is 3.29. The van der Waals surface area contributed by atoms with Crippen LogP contribution in [0, 0.1) is 17.2 Å². The Morgan fingerprint density at radius 2 is 2.40 bits per heavy atom. The normalized spacial score (nSPS) is 12.5. The van der Waals surface area contributed by atoms with Gasteiger partial charge in [-0.15, -0.1) is 0 Å². The van der Waals surface area contributed by atoms with E-state index in [0.29, 0.717) is 0 Å². The number of rotatable bonds is 5. The molecule has 58 valence electrons. The summed E-state index contributed by atoms with van der Waals surface area (Å²) in [6.45, 7) is 0. The van der Waals surface area contributed by atoms with Crippen molar-refractivity contribution in [3.05, 3.63) is 0 Å². The molecule has 0 aliphatic heterocycles. The molecule has 0 aliphatic carbocycles. The summed E-state index contributed by atoms with van der Waals surface area (Å²) in [5.74, 6) is 1.39. The molecule has 1 unspecified atom stereocenters. The van der Waals surface area contributed by atoms with Crippen LogP contribution >= 0.6 is 27.7 Å². The minimum atomic E-state index is 0.215. The molecule has 0 rings (SSSR count). The number of alkyl halides is 1. The van der Waals surface area contributed by atoms with Gasteiger partial charge in [-0.2, -0.15) is 17.0 Å². The third-order valence-electron chi connectivity index (χ3n) is 1.27. The quantitative estimate of drug-likeness (QED) is 0.527. The summed E-state index contributed by atoms with van der Waals surface area (Å²) in [6.07, 6.45) is 4.28. The number of hydrogen-bond donors (Lipinski definition) is 0. The summed E-state index contributed by atoms with van der Waals surface area (Å²) in [5.41, 5.74) is 0. The zero-order chi connectivity index (χ0) is 7.82. The van der Waals surface area contributed by atoms with Crippen molar-refractivity contribution < 1.29 is 0 Å². The van der Waals surface area contributed by atoms with Gasteiger partial charge in [-0.1, -0.05) is 15.9 Å². The second kappa shape index (κ2) is 7.43. The molecule has 0 aromatic rings. The van der Waals surface area contributed by atoms with Crippen molar-refractivity contribution in [3.63, 3.8) is 0 Å². The molecule has 0 N–H and O–H groups in total. The van der Waals surface area contributed by atoms with Crippen molar-refractivity contribution in [1.82, 2.24) is 0 Å². The largest absolute Gasteiger partial charge is 0.198 e. The Balaban J connectivity index is 3.20. The first-order valence-corrected chi connectivity index (χ1v) is 5.81. The van der Waals surface area contributed by atoms with Gasteiger partial charge in [-0.25, -0.2) is 0 Å². The van der Waals surface area contributed by atoms with Crippen LogP contribution in [0.25, 0.3) is 0 Å². The lowest BCUT2D eigenvalue weighted by atomic mass is 10.1. The minimum absolute atomic E-state index is 0.215. The highest BCUT2D eigenvalue weighted by atomic mass is 79.9. The van der Waals surface area contributed by atoms with Crippen molar-refractivity contribution in [3.8, 4) is 6.07 Å². The molecule has 0 spiro atoms. The van der Waals surface area contributed by atoms with E-state index in [-0.39, 0.29) is 5.92 Å². The van der Waals surface area contributed by atoms with Crippen LogP contribution in [0.2, 0.25) is 0 Å². The maximum Gasteiger partial charge on any atom is 0.0664 e. The molecule has 0 saturated heterocycles. The zero-order valence-corrected chi connectivity index (χ0v) is 8.54. The lowest BCUT2D eigenvalue weighted by molar-refractivity contribution is 0.663. The lowest BCUT2D eigenvalue weighted by Crippen LogP contribution is -1.98. The smallest absolute Gasteiger partial charge is 0.0664 e. The van der Waals surface area contributed by atoms with Gasteiger partial charge >= 0.3 is 0 Å². The van der Waals surface area contributed by atoms with Crippen LogP contribution in [0.3, 0.4) is 0 Å². The first-order chi connectivity index (χ1) is 4.85. The van der Waals surface area contributed by atoms with Crippen LogP contribution in [0.15, 0.2) is 0 Å². The van der Waals surface area contributed by atoms with Crippen molar-refractivity contribution in [1.29, 1.82) is 5.26 Å². The van der Waals surface area contributed by atoms with Crippen molar-refractivity contribution in [2.45, 2.75) is 12.8 Å². The molecule has 0 amide bonds. The number of nitriles is 1. The highest BCUT2D eigenvalue weighted by Crippen LogP contribution is 2.10. The third-order valence-corrected chi connectivity index (χ3v) is 2.75. The van der Waals surface area contributed by atoms with E-state index in [9.17, 15) is 0 Å². The van der Waals surface area contributed by atoms with Crippen LogP contribution in [0.1, 0.15) is 12.8 Å². The molecule has 0 aliphatic rings. The van der Waals surface area contributed by atoms with E-state index in [4.69, 9.17) is 5.26 Å². The van der Waals surface area contributed by atoms with Gasteiger partial charge < -0.3 is 0 Å². The maximum atomic E-state index is 8.54. The highest BCUT2D eigenvalue weighted by molar-refractivity contribution is 9.09. The molecule has 0 fully saturated rings. The Bertz CT molecular complexity index is 111. The molecule has 0 heterocycles. The molecule has 1 nitrogen and oxygen atoms in total. The Morgan fingerprint density at radius 1 is 1.70 bits per heavy atom. The van der Waals surface area contributed by atoms with Crippen molar-refractivity contribution in [2.75, 3.05) is 17.3 Å². The lowest BCUT2D eigenvalue weighted by Gasteiger charge is -2.01. The van der Waals surface area contributed by atoms with Gasteiger partial charge in [0, 0.05) is 5.33 Å². The molecule has 3 heteroatoms.